The number of para-hydroxylation sites is 1. The number of anilines is 1. The average Bonchev–Trinajstić information content (AvgIpc) is 2.57. The number of carbonyl (C=O) groups excluding carboxylic acids is 2. The standard InChI is InChI=1S/C11H11NO4/c1-15-11(16-2)12-8-6-4-3-5-7(8)9(13)10(12)14/h3-6,11H,1-2H3. The van der Waals surface area contributed by atoms with Crippen LogP contribution in [-0.2, 0) is 14.3 Å². The topological polar surface area (TPSA) is 55.8 Å². The molecular formula is C11H11NO4. The van der Waals surface area contributed by atoms with E-state index < -0.39 is 18.1 Å². The Morgan fingerprint density at radius 1 is 1.12 bits per heavy atom. The molecule has 84 valence electrons. The number of fused-ring (bicyclic) bond motifs is 1. The summed E-state index contributed by atoms with van der Waals surface area (Å²) in [6.07, 6.45) is -0.875. The second-order valence-corrected chi connectivity index (χ2v) is 3.30. The summed E-state index contributed by atoms with van der Waals surface area (Å²) in [5.41, 5.74) is 0.901. The molecule has 0 radical (unpaired) electrons. The summed E-state index contributed by atoms with van der Waals surface area (Å²) < 4.78 is 9.98. The van der Waals surface area contributed by atoms with Crippen LogP contribution in [0.2, 0.25) is 0 Å². The zero-order valence-electron chi connectivity index (χ0n) is 8.97. The summed E-state index contributed by atoms with van der Waals surface area (Å²) in [5.74, 6) is -1.16. The minimum absolute atomic E-state index is 0.381. The zero-order valence-corrected chi connectivity index (χ0v) is 8.97. The molecule has 0 aromatic heterocycles. The fourth-order valence-corrected chi connectivity index (χ4v) is 1.73. The molecule has 1 aromatic rings. The number of carbonyl (C=O) groups is 2. The number of ketones is 1. The molecule has 0 aliphatic carbocycles. The van der Waals surface area contributed by atoms with Crippen molar-refractivity contribution in [3.8, 4) is 0 Å². The van der Waals surface area contributed by atoms with E-state index >= 15 is 0 Å². The van der Waals surface area contributed by atoms with Gasteiger partial charge in [0, 0.05) is 14.2 Å². The Morgan fingerprint density at radius 2 is 1.75 bits per heavy atom. The van der Waals surface area contributed by atoms with Gasteiger partial charge in [-0.3, -0.25) is 14.5 Å². The Morgan fingerprint density at radius 3 is 2.38 bits per heavy atom. The van der Waals surface area contributed by atoms with Crippen LogP contribution in [0, 0.1) is 0 Å². The number of amides is 1. The van der Waals surface area contributed by atoms with E-state index in [0.717, 1.165) is 0 Å². The van der Waals surface area contributed by atoms with Crippen molar-refractivity contribution in [3.63, 3.8) is 0 Å². The first-order chi connectivity index (χ1) is 7.70. The predicted octanol–water partition coefficient (Wildman–Crippen LogP) is 0.792. The minimum atomic E-state index is -0.875. The van der Waals surface area contributed by atoms with E-state index in [9.17, 15) is 9.59 Å². The molecule has 0 saturated carbocycles. The smallest absolute Gasteiger partial charge is 0.303 e. The lowest BCUT2D eigenvalue weighted by atomic mass is 10.1. The normalized spacial score (nSPS) is 14.8. The van der Waals surface area contributed by atoms with Gasteiger partial charge in [0.1, 0.15) is 0 Å². The lowest BCUT2D eigenvalue weighted by molar-refractivity contribution is -0.131. The van der Waals surface area contributed by atoms with Crippen LogP contribution in [-0.4, -0.2) is 32.3 Å². The molecule has 16 heavy (non-hydrogen) atoms. The molecular weight excluding hydrogens is 210 g/mol. The predicted molar refractivity (Wildman–Crippen MR) is 56.1 cm³/mol. The van der Waals surface area contributed by atoms with Crippen molar-refractivity contribution in [2.45, 2.75) is 6.41 Å². The summed E-state index contributed by atoms with van der Waals surface area (Å²) in [6.45, 7) is 0. The van der Waals surface area contributed by atoms with Crippen molar-refractivity contribution in [3.05, 3.63) is 29.8 Å². The van der Waals surface area contributed by atoms with E-state index in [2.05, 4.69) is 0 Å². The highest BCUT2D eigenvalue weighted by Gasteiger charge is 2.39. The number of methoxy groups -OCH3 is 2. The van der Waals surface area contributed by atoms with Gasteiger partial charge in [-0.25, -0.2) is 0 Å². The van der Waals surface area contributed by atoms with Gasteiger partial charge in [-0.2, -0.15) is 0 Å². The molecule has 0 spiro atoms. The van der Waals surface area contributed by atoms with Gasteiger partial charge in [-0.15, -0.1) is 0 Å². The number of rotatable bonds is 3. The summed E-state index contributed by atoms with van der Waals surface area (Å²) in [7, 11) is 2.82. The molecule has 0 bridgehead atoms. The fourth-order valence-electron chi connectivity index (χ4n) is 1.73. The molecule has 0 atom stereocenters. The summed E-state index contributed by atoms with van der Waals surface area (Å²) >= 11 is 0. The van der Waals surface area contributed by atoms with Gasteiger partial charge < -0.3 is 9.47 Å². The number of Topliss-reactive ketones (excluding diaryl/α,β-unsaturated/α-hetero) is 1. The molecule has 0 N–H and O–H groups in total. The third kappa shape index (κ3) is 1.41. The maximum atomic E-state index is 11.7. The van der Waals surface area contributed by atoms with E-state index in [1.165, 1.54) is 19.1 Å². The van der Waals surface area contributed by atoms with E-state index in [-0.39, 0.29) is 0 Å². The van der Waals surface area contributed by atoms with Gasteiger partial charge in [0.05, 0.1) is 11.3 Å². The first-order valence-corrected chi connectivity index (χ1v) is 4.73. The van der Waals surface area contributed by atoms with Gasteiger partial charge in [-0.1, -0.05) is 12.1 Å². The highest BCUT2D eigenvalue weighted by molar-refractivity contribution is 6.52. The Kier molecular flexibility index (Phi) is 2.72. The first kappa shape index (κ1) is 10.8. The van der Waals surface area contributed by atoms with Gasteiger partial charge >= 0.3 is 5.91 Å². The van der Waals surface area contributed by atoms with Crippen LogP contribution < -0.4 is 4.90 Å². The fraction of sp³-hybridized carbons (Fsp3) is 0.273. The third-order valence-electron chi connectivity index (χ3n) is 2.44. The molecule has 1 heterocycles. The first-order valence-electron chi connectivity index (χ1n) is 4.73. The molecule has 1 amide bonds. The summed E-state index contributed by atoms with van der Waals surface area (Å²) in [4.78, 5) is 24.6. The SMILES string of the molecule is COC(OC)N1C(=O)C(=O)c2ccccc21. The Bertz CT molecular complexity index is 439. The molecule has 1 aliphatic rings. The quantitative estimate of drug-likeness (QED) is 0.559. The maximum Gasteiger partial charge on any atom is 0.303 e. The second kappa shape index (κ2) is 4.03. The molecule has 0 fully saturated rings. The van der Waals surface area contributed by atoms with Crippen LogP contribution in [0.4, 0.5) is 5.69 Å². The van der Waals surface area contributed by atoms with Crippen LogP contribution in [0.5, 0.6) is 0 Å². The van der Waals surface area contributed by atoms with Crippen molar-refractivity contribution < 1.29 is 19.1 Å². The summed E-state index contributed by atoms with van der Waals surface area (Å²) in [6, 6.07) is 6.75. The Labute approximate surface area is 92.6 Å². The van der Waals surface area contributed by atoms with E-state index in [1.807, 2.05) is 0 Å². The van der Waals surface area contributed by atoms with Crippen LogP contribution in [0.25, 0.3) is 0 Å². The van der Waals surface area contributed by atoms with Crippen molar-refractivity contribution in [2.75, 3.05) is 19.1 Å². The number of hydrogen-bond acceptors (Lipinski definition) is 4. The number of benzene rings is 1. The number of nitrogens with zero attached hydrogens (tertiary/aromatic N) is 1. The van der Waals surface area contributed by atoms with Crippen molar-refractivity contribution in [2.24, 2.45) is 0 Å². The molecule has 0 unspecified atom stereocenters. The summed E-state index contributed by atoms with van der Waals surface area (Å²) in [5, 5.41) is 0. The highest BCUT2D eigenvalue weighted by Crippen LogP contribution is 2.30. The van der Waals surface area contributed by atoms with Crippen LogP contribution in [0.1, 0.15) is 10.4 Å². The lowest BCUT2D eigenvalue weighted by Gasteiger charge is -2.24. The highest BCUT2D eigenvalue weighted by atomic mass is 16.7. The van der Waals surface area contributed by atoms with Crippen molar-refractivity contribution in [1.82, 2.24) is 0 Å². The van der Waals surface area contributed by atoms with E-state index in [0.29, 0.717) is 11.3 Å². The Balaban J connectivity index is 2.48. The maximum absolute atomic E-state index is 11.7. The number of ether oxygens (including phenoxy) is 2. The molecule has 1 aromatic carbocycles. The minimum Gasteiger partial charge on any atom is -0.338 e. The van der Waals surface area contributed by atoms with Gasteiger partial charge in [0.15, 0.2) is 0 Å². The monoisotopic (exact) mass is 221 g/mol. The Hall–Kier alpha value is -1.72. The average molecular weight is 221 g/mol. The van der Waals surface area contributed by atoms with Gasteiger partial charge in [0.25, 0.3) is 5.78 Å². The number of hydrogen-bond donors (Lipinski definition) is 0. The van der Waals surface area contributed by atoms with Gasteiger partial charge in [0.2, 0.25) is 6.41 Å². The molecule has 5 heteroatoms. The molecule has 0 saturated heterocycles. The molecule has 1 aliphatic heterocycles. The van der Waals surface area contributed by atoms with Crippen LogP contribution in [0.15, 0.2) is 24.3 Å². The van der Waals surface area contributed by atoms with Crippen molar-refractivity contribution in [1.29, 1.82) is 0 Å². The van der Waals surface area contributed by atoms with E-state index in [1.54, 1.807) is 24.3 Å². The van der Waals surface area contributed by atoms with Crippen LogP contribution >= 0.6 is 0 Å². The van der Waals surface area contributed by atoms with E-state index in [4.69, 9.17) is 9.47 Å². The molecule has 5 nitrogen and oxygen atoms in total. The van der Waals surface area contributed by atoms with Crippen molar-refractivity contribution >= 4 is 17.4 Å². The third-order valence-corrected chi connectivity index (χ3v) is 2.44. The van der Waals surface area contributed by atoms with Gasteiger partial charge in [-0.05, 0) is 12.1 Å². The van der Waals surface area contributed by atoms with Crippen LogP contribution in [0.3, 0.4) is 0 Å². The largest absolute Gasteiger partial charge is 0.338 e. The lowest BCUT2D eigenvalue weighted by Crippen LogP contribution is -2.41. The second-order valence-electron chi connectivity index (χ2n) is 3.30. The molecule has 2 rings (SSSR count). The zero-order chi connectivity index (χ0) is 11.7.